The molecule has 0 spiro atoms. The summed E-state index contributed by atoms with van der Waals surface area (Å²) in [5.41, 5.74) is 1.93. The average molecular weight is 381 g/mol. The van der Waals surface area contributed by atoms with Crippen LogP contribution in [-0.2, 0) is 17.9 Å². The van der Waals surface area contributed by atoms with Gasteiger partial charge in [-0.1, -0.05) is 12.1 Å². The molecule has 0 aliphatic rings. The van der Waals surface area contributed by atoms with Crippen molar-refractivity contribution in [3.8, 4) is 5.75 Å². The molecule has 0 radical (unpaired) electrons. The summed E-state index contributed by atoms with van der Waals surface area (Å²) in [7, 11) is 1.43. The molecular weight excluding hydrogens is 361 g/mol. The topological polar surface area (TPSA) is 75.6 Å². The lowest BCUT2D eigenvalue weighted by molar-refractivity contribution is -0.144. The van der Waals surface area contributed by atoms with Crippen molar-refractivity contribution in [2.24, 2.45) is 0 Å². The molecule has 0 amide bonds. The fourth-order valence-corrected chi connectivity index (χ4v) is 3.10. The number of benzene rings is 1. The fraction of sp³-hybridized carbons (Fsp3) is 0.190. The maximum absolute atomic E-state index is 13.9. The van der Waals surface area contributed by atoms with Crippen LogP contribution in [0, 0.1) is 5.82 Å². The fourth-order valence-electron chi connectivity index (χ4n) is 3.10. The average Bonchev–Trinajstić information content (AvgIpc) is 2.69. The SMILES string of the molecule is COc1ccc(F)cc1[C@@H](C(=O)O)N(Cc1cccnc1)Cc1cccnc1. The normalized spacial score (nSPS) is 12.0. The molecule has 0 saturated carbocycles. The summed E-state index contributed by atoms with van der Waals surface area (Å²) >= 11 is 0. The van der Waals surface area contributed by atoms with E-state index < -0.39 is 17.8 Å². The monoisotopic (exact) mass is 381 g/mol. The van der Waals surface area contributed by atoms with Crippen molar-refractivity contribution in [1.29, 1.82) is 0 Å². The Kier molecular flexibility index (Phi) is 6.29. The predicted molar refractivity (Wildman–Crippen MR) is 101 cm³/mol. The van der Waals surface area contributed by atoms with Gasteiger partial charge in [0.1, 0.15) is 17.6 Å². The molecule has 2 heterocycles. The van der Waals surface area contributed by atoms with Crippen LogP contribution >= 0.6 is 0 Å². The molecule has 7 heteroatoms. The van der Waals surface area contributed by atoms with E-state index in [1.165, 1.54) is 25.3 Å². The van der Waals surface area contributed by atoms with Gasteiger partial charge >= 0.3 is 5.97 Å². The van der Waals surface area contributed by atoms with Gasteiger partial charge < -0.3 is 9.84 Å². The third kappa shape index (κ3) is 4.69. The second-order valence-corrected chi connectivity index (χ2v) is 6.25. The number of methoxy groups -OCH3 is 1. The number of ether oxygens (including phenoxy) is 1. The lowest BCUT2D eigenvalue weighted by Gasteiger charge is -2.30. The number of hydrogen-bond donors (Lipinski definition) is 1. The number of hydrogen-bond acceptors (Lipinski definition) is 5. The van der Waals surface area contributed by atoms with Crippen molar-refractivity contribution in [3.05, 3.63) is 89.8 Å². The Hall–Kier alpha value is -3.32. The maximum Gasteiger partial charge on any atom is 0.325 e. The molecule has 0 unspecified atom stereocenters. The molecular formula is C21H20FN3O3. The zero-order valence-corrected chi connectivity index (χ0v) is 15.3. The van der Waals surface area contributed by atoms with Crippen LogP contribution in [0.5, 0.6) is 5.75 Å². The van der Waals surface area contributed by atoms with Crippen molar-refractivity contribution < 1.29 is 19.0 Å². The highest BCUT2D eigenvalue weighted by atomic mass is 19.1. The highest BCUT2D eigenvalue weighted by Crippen LogP contribution is 2.32. The van der Waals surface area contributed by atoms with Crippen molar-refractivity contribution in [1.82, 2.24) is 14.9 Å². The van der Waals surface area contributed by atoms with Crippen molar-refractivity contribution in [3.63, 3.8) is 0 Å². The first-order valence-corrected chi connectivity index (χ1v) is 8.66. The number of nitrogens with zero attached hydrogens (tertiary/aromatic N) is 3. The lowest BCUT2D eigenvalue weighted by atomic mass is 10.0. The minimum Gasteiger partial charge on any atom is -0.496 e. The van der Waals surface area contributed by atoms with E-state index in [0.29, 0.717) is 18.8 Å². The molecule has 1 atom stereocenters. The second kappa shape index (κ2) is 9.05. The minimum atomic E-state index is -1.12. The Morgan fingerprint density at radius 1 is 1.11 bits per heavy atom. The van der Waals surface area contributed by atoms with Gasteiger partial charge in [-0.2, -0.15) is 0 Å². The standard InChI is InChI=1S/C21H20FN3O3/c1-28-19-7-6-17(22)10-18(19)20(21(26)27)25(13-15-4-2-8-23-11-15)14-16-5-3-9-24-12-16/h2-12,20H,13-14H2,1H3,(H,26,27)/t20-/m0/s1. The van der Waals surface area contributed by atoms with Crippen LogP contribution in [0.4, 0.5) is 4.39 Å². The molecule has 3 rings (SSSR count). The summed E-state index contributed by atoms with van der Waals surface area (Å²) in [4.78, 5) is 22.2. The third-order valence-electron chi connectivity index (χ3n) is 4.30. The van der Waals surface area contributed by atoms with Gasteiger partial charge in [-0.25, -0.2) is 4.39 Å². The molecule has 144 valence electrons. The van der Waals surface area contributed by atoms with E-state index in [4.69, 9.17) is 4.74 Å². The largest absolute Gasteiger partial charge is 0.496 e. The molecule has 1 aromatic carbocycles. The molecule has 0 bridgehead atoms. The van der Waals surface area contributed by atoms with Crippen LogP contribution < -0.4 is 4.74 Å². The summed E-state index contributed by atoms with van der Waals surface area (Å²) in [6.45, 7) is 0.610. The molecule has 1 N–H and O–H groups in total. The van der Waals surface area contributed by atoms with Crippen LogP contribution in [-0.4, -0.2) is 33.1 Å². The first kappa shape index (κ1) is 19.4. The van der Waals surface area contributed by atoms with E-state index in [9.17, 15) is 14.3 Å². The number of aromatic nitrogens is 2. The van der Waals surface area contributed by atoms with Crippen LogP contribution in [0.1, 0.15) is 22.7 Å². The van der Waals surface area contributed by atoms with Gasteiger partial charge in [0.25, 0.3) is 0 Å². The number of carboxylic acid groups (broad SMARTS) is 1. The summed E-state index contributed by atoms with van der Waals surface area (Å²) in [6.07, 6.45) is 6.66. The molecule has 0 fully saturated rings. The first-order chi connectivity index (χ1) is 13.6. The zero-order valence-electron chi connectivity index (χ0n) is 15.3. The number of carboxylic acids is 1. The van der Waals surface area contributed by atoms with Crippen LogP contribution in [0.3, 0.4) is 0 Å². The van der Waals surface area contributed by atoms with E-state index >= 15 is 0 Å². The number of halogens is 1. The number of aliphatic carboxylic acids is 1. The molecule has 0 aliphatic carbocycles. The van der Waals surface area contributed by atoms with Crippen LogP contribution in [0.2, 0.25) is 0 Å². The molecule has 6 nitrogen and oxygen atoms in total. The van der Waals surface area contributed by atoms with Gasteiger partial charge in [0.15, 0.2) is 0 Å². The van der Waals surface area contributed by atoms with Crippen LogP contribution in [0.15, 0.2) is 67.3 Å². The predicted octanol–water partition coefficient (Wildman–Crippen LogP) is 3.45. The number of carbonyl (C=O) groups is 1. The summed E-state index contributed by atoms with van der Waals surface area (Å²) < 4.78 is 19.2. The van der Waals surface area contributed by atoms with Gasteiger partial charge in [-0.3, -0.25) is 19.7 Å². The van der Waals surface area contributed by atoms with Crippen LogP contribution in [0.25, 0.3) is 0 Å². The highest BCUT2D eigenvalue weighted by molar-refractivity contribution is 5.76. The Balaban J connectivity index is 2.04. The Bertz CT molecular complexity index is 881. The number of rotatable bonds is 8. The summed E-state index contributed by atoms with van der Waals surface area (Å²) in [5.74, 6) is -1.31. The Morgan fingerprint density at radius 3 is 2.18 bits per heavy atom. The maximum atomic E-state index is 13.9. The third-order valence-corrected chi connectivity index (χ3v) is 4.30. The van der Waals surface area contributed by atoms with Gasteiger partial charge in [0.05, 0.1) is 7.11 Å². The summed E-state index contributed by atoms with van der Waals surface area (Å²) in [5, 5.41) is 10.0. The van der Waals surface area contributed by atoms with E-state index in [0.717, 1.165) is 11.1 Å². The smallest absolute Gasteiger partial charge is 0.325 e. The quantitative estimate of drug-likeness (QED) is 0.644. The van der Waals surface area contributed by atoms with Gasteiger partial charge in [0.2, 0.25) is 0 Å². The van der Waals surface area contributed by atoms with Crippen molar-refractivity contribution in [2.45, 2.75) is 19.1 Å². The first-order valence-electron chi connectivity index (χ1n) is 8.66. The molecule has 3 aromatic rings. The molecule has 28 heavy (non-hydrogen) atoms. The minimum absolute atomic E-state index is 0.253. The zero-order chi connectivity index (χ0) is 19.9. The van der Waals surface area contributed by atoms with Gasteiger partial charge in [-0.05, 0) is 41.5 Å². The van der Waals surface area contributed by atoms with Gasteiger partial charge in [-0.15, -0.1) is 0 Å². The Morgan fingerprint density at radius 2 is 1.71 bits per heavy atom. The van der Waals surface area contributed by atoms with Crippen molar-refractivity contribution >= 4 is 5.97 Å². The van der Waals surface area contributed by atoms with E-state index in [1.54, 1.807) is 41.8 Å². The summed E-state index contributed by atoms with van der Waals surface area (Å²) in [6, 6.07) is 10.1. The molecule has 2 aromatic heterocycles. The molecule has 0 aliphatic heterocycles. The van der Waals surface area contributed by atoms with E-state index in [1.807, 2.05) is 12.1 Å². The van der Waals surface area contributed by atoms with Crippen molar-refractivity contribution in [2.75, 3.05) is 7.11 Å². The second-order valence-electron chi connectivity index (χ2n) is 6.25. The van der Waals surface area contributed by atoms with E-state index in [2.05, 4.69) is 9.97 Å². The Labute approximate surface area is 162 Å². The highest BCUT2D eigenvalue weighted by Gasteiger charge is 2.31. The number of pyridine rings is 2. The molecule has 0 saturated heterocycles. The lowest BCUT2D eigenvalue weighted by Crippen LogP contribution is -2.34. The van der Waals surface area contributed by atoms with Gasteiger partial charge in [0, 0.05) is 43.4 Å². The van der Waals surface area contributed by atoms with E-state index in [-0.39, 0.29) is 5.56 Å².